The summed E-state index contributed by atoms with van der Waals surface area (Å²) < 4.78 is 5.59. The zero-order chi connectivity index (χ0) is 22.1. The van der Waals surface area contributed by atoms with Crippen LogP contribution in [0.3, 0.4) is 0 Å². The van der Waals surface area contributed by atoms with Crippen LogP contribution in [0.4, 0.5) is 0 Å². The Morgan fingerprint density at radius 1 is 1.03 bits per heavy atom. The number of fused-ring (bicyclic) bond motifs is 1. The Hall–Kier alpha value is -2.22. The van der Waals surface area contributed by atoms with E-state index in [1.54, 1.807) is 0 Å². The van der Waals surface area contributed by atoms with E-state index in [9.17, 15) is 14.4 Å². The van der Waals surface area contributed by atoms with Gasteiger partial charge in [-0.3, -0.25) is 14.4 Å². The van der Waals surface area contributed by atoms with Gasteiger partial charge in [-0.05, 0) is 44.4 Å². The number of ether oxygens (including phenoxy) is 1. The van der Waals surface area contributed by atoms with Gasteiger partial charge >= 0.3 is 0 Å². The Bertz CT molecular complexity index is 917. The van der Waals surface area contributed by atoms with Crippen molar-refractivity contribution < 1.29 is 14.3 Å². The molecule has 0 spiro atoms. The molecule has 3 fully saturated rings. The standard InChI is InChI=1S/C24H34N4O4/c29-21(14-16-6-2-1-3-7-16)27-12-10-18-17(15-27)23(30)26-22(25-18)19-8-4-11-28(19)24(31)20-9-5-13-32-20/h16,19-20H,1-15H2,(H,25,26,30)/t19-,20-/m1/s1. The van der Waals surface area contributed by atoms with Gasteiger partial charge in [0.15, 0.2) is 0 Å². The van der Waals surface area contributed by atoms with E-state index >= 15 is 0 Å². The average molecular weight is 443 g/mol. The number of hydrogen-bond donors (Lipinski definition) is 1. The third kappa shape index (κ3) is 4.34. The average Bonchev–Trinajstić information content (AvgIpc) is 3.51. The quantitative estimate of drug-likeness (QED) is 0.773. The van der Waals surface area contributed by atoms with Crippen molar-refractivity contribution in [2.75, 3.05) is 19.7 Å². The Balaban J connectivity index is 1.29. The van der Waals surface area contributed by atoms with Crippen molar-refractivity contribution in [3.05, 3.63) is 27.4 Å². The molecule has 1 N–H and O–H groups in total. The number of aromatic amines is 1. The van der Waals surface area contributed by atoms with Crippen molar-refractivity contribution in [2.45, 2.75) is 89.3 Å². The lowest BCUT2D eigenvalue weighted by molar-refractivity contribution is -0.142. The third-order valence-electron chi connectivity index (χ3n) is 7.68. The summed E-state index contributed by atoms with van der Waals surface area (Å²) >= 11 is 0. The van der Waals surface area contributed by atoms with Gasteiger partial charge in [-0.1, -0.05) is 19.3 Å². The molecule has 8 nitrogen and oxygen atoms in total. The molecule has 5 rings (SSSR count). The minimum Gasteiger partial charge on any atom is -0.368 e. The molecule has 0 unspecified atom stereocenters. The smallest absolute Gasteiger partial charge is 0.256 e. The first kappa shape index (κ1) is 21.6. The number of hydrogen-bond acceptors (Lipinski definition) is 5. The summed E-state index contributed by atoms with van der Waals surface area (Å²) in [6.07, 6.45) is 10.2. The lowest BCUT2D eigenvalue weighted by atomic mass is 9.86. The lowest BCUT2D eigenvalue weighted by Crippen LogP contribution is -2.42. The zero-order valence-electron chi connectivity index (χ0n) is 18.8. The summed E-state index contributed by atoms with van der Waals surface area (Å²) in [5, 5.41) is 0. The second-order valence-corrected chi connectivity index (χ2v) is 9.84. The van der Waals surface area contributed by atoms with E-state index in [4.69, 9.17) is 9.72 Å². The summed E-state index contributed by atoms with van der Waals surface area (Å²) in [5.41, 5.74) is 1.21. The Morgan fingerprint density at radius 3 is 2.66 bits per heavy atom. The van der Waals surface area contributed by atoms with Gasteiger partial charge in [0.1, 0.15) is 11.9 Å². The fourth-order valence-electron chi connectivity index (χ4n) is 5.85. The van der Waals surface area contributed by atoms with Crippen LogP contribution in [0, 0.1) is 5.92 Å². The van der Waals surface area contributed by atoms with E-state index in [1.165, 1.54) is 19.3 Å². The molecule has 2 atom stereocenters. The number of nitrogens with one attached hydrogen (secondary N) is 1. The van der Waals surface area contributed by atoms with Crippen LogP contribution in [0.15, 0.2) is 4.79 Å². The minimum absolute atomic E-state index is 0.0184. The number of carbonyl (C=O) groups excluding carboxylic acids is 2. The number of aromatic nitrogens is 2. The first-order chi connectivity index (χ1) is 15.6. The number of amides is 2. The number of H-pyrrole nitrogens is 1. The number of carbonyl (C=O) groups is 2. The molecule has 1 aliphatic carbocycles. The van der Waals surface area contributed by atoms with Crippen molar-refractivity contribution in [2.24, 2.45) is 5.92 Å². The summed E-state index contributed by atoms with van der Waals surface area (Å²) in [5.74, 6) is 1.26. The van der Waals surface area contributed by atoms with Crippen molar-refractivity contribution in [3.63, 3.8) is 0 Å². The van der Waals surface area contributed by atoms with E-state index in [0.717, 1.165) is 44.2 Å². The lowest BCUT2D eigenvalue weighted by Gasteiger charge is -2.31. The van der Waals surface area contributed by atoms with E-state index in [0.29, 0.717) is 56.4 Å². The maximum absolute atomic E-state index is 13.0. The molecule has 1 aromatic rings. The highest BCUT2D eigenvalue weighted by atomic mass is 16.5. The Labute approximate surface area is 188 Å². The molecule has 2 amide bonds. The molecule has 0 aromatic carbocycles. The molecule has 0 bridgehead atoms. The Morgan fingerprint density at radius 2 is 1.88 bits per heavy atom. The molecule has 4 aliphatic rings. The van der Waals surface area contributed by atoms with Crippen LogP contribution in [-0.2, 0) is 27.3 Å². The van der Waals surface area contributed by atoms with Gasteiger partial charge in [0.2, 0.25) is 5.91 Å². The molecular formula is C24H34N4O4. The molecule has 4 heterocycles. The van der Waals surface area contributed by atoms with Crippen LogP contribution in [0.2, 0.25) is 0 Å². The summed E-state index contributed by atoms with van der Waals surface area (Å²) in [7, 11) is 0. The van der Waals surface area contributed by atoms with Crippen molar-refractivity contribution in [1.82, 2.24) is 19.8 Å². The molecule has 174 valence electrons. The summed E-state index contributed by atoms with van der Waals surface area (Å²) in [6, 6.07) is -0.198. The number of rotatable bonds is 4. The normalized spacial score (nSPS) is 26.4. The third-order valence-corrected chi connectivity index (χ3v) is 7.68. The van der Waals surface area contributed by atoms with E-state index in [1.807, 2.05) is 9.80 Å². The van der Waals surface area contributed by atoms with Crippen molar-refractivity contribution in [3.8, 4) is 0 Å². The van der Waals surface area contributed by atoms with Crippen LogP contribution >= 0.6 is 0 Å². The molecule has 1 saturated carbocycles. The van der Waals surface area contributed by atoms with E-state index in [-0.39, 0.29) is 29.5 Å². The van der Waals surface area contributed by atoms with E-state index < -0.39 is 0 Å². The molecule has 1 aromatic heterocycles. The predicted molar refractivity (Wildman–Crippen MR) is 118 cm³/mol. The maximum atomic E-state index is 13.0. The largest absolute Gasteiger partial charge is 0.368 e. The molecular weight excluding hydrogens is 408 g/mol. The molecule has 3 aliphatic heterocycles. The van der Waals surface area contributed by atoms with Gasteiger partial charge in [0.05, 0.1) is 23.8 Å². The van der Waals surface area contributed by atoms with Crippen molar-refractivity contribution >= 4 is 11.8 Å². The first-order valence-corrected chi connectivity index (χ1v) is 12.4. The van der Waals surface area contributed by atoms with Crippen LogP contribution < -0.4 is 5.56 Å². The van der Waals surface area contributed by atoms with Gasteiger partial charge in [-0.2, -0.15) is 0 Å². The molecule has 0 radical (unpaired) electrons. The summed E-state index contributed by atoms with van der Waals surface area (Å²) in [4.78, 5) is 50.2. The van der Waals surface area contributed by atoms with Gasteiger partial charge in [-0.25, -0.2) is 4.98 Å². The van der Waals surface area contributed by atoms with Crippen LogP contribution in [-0.4, -0.2) is 57.4 Å². The second-order valence-electron chi connectivity index (χ2n) is 9.84. The SMILES string of the molecule is O=C(CC1CCCCC1)N1CCc2nc([C@H]3CCCN3C(=O)[C@H]3CCCO3)[nH]c(=O)c2C1. The fraction of sp³-hybridized carbons (Fsp3) is 0.750. The fourth-order valence-corrected chi connectivity index (χ4v) is 5.85. The molecule has 32 heavy (non-hydrogen) atoms. The van der Waals surface area contributed by atoms with Crippen LogP contribution in [0.5, 0.6) is 0 Å². The van der Waals surface area contributed by atoms with Gasteiger partial charge in [0.25, 0.3) is 11.5 Å². The van der Waals surface area contributed by atoms with Crippen LogP contribution in [0.25, 0.3) is 0 Å². The van der Waals surface area contributed by atoms with Gasteiger partial charge in [0, 0.05) is 32.5 Å². The topological polar surface area (TPSA) is 95.6 Å². The maximum Gasteiger partial charge on any atom is 0.256 e. The number of likely N-dealkylation sites (tertiary alicyclic amines) is 1. The molecule has 8 heteroatoms. The van der Waals surface area contributed by atoms with Crippen LogP contribution in [0.1, 0.15) is 87.3 Å². The highest BCUT2D eigenvalue weighted by Gasteiger charge is 2.37. The van der Waals surface area contributed by atoms with Gasteiger partial charge < -0.3 is 19.5 Å². The highest BCUT2D eigenvalue weighted by Crippen LogP contribution is 2.32. The minimum atomic E-state index is -0.358. The monoisotopic (exact) mass is 442 g/mol. The van der Waals surface area contributed by atoms with Crippen molar-refractivity contribution in [1.29, 1.82) is 0 Å². The number of nitrogens with zero attached hydrogens (tertiary/aromatic N) is 3. The summed E-state index contributed by atoms with van der Waals surface area (Å²) in [6.45, 7) is 2.26. The highest BCUT2D eigenvalue weighted by molar-refractivity contribution is 5.81. The van der Waals surface area contributed by atoms with E-state index in [2.05, 4.69) is 4.98 Å². The zero-order valence-corrected chi connectivity index (χ0v) is 18.8. The van der Waals surface area contributed by atoms with Gasteiger partial charge in [-0.15, -0.1) is 0 Å². The first-order valence-electron chi connectivity index (χ1n) is 12.4. The second kappa shape index (κ2) is 9.33. The Kier molecular flexibility index (Phi) is 6.31. The molecule has 2 saturated heterocycles. The predicted octanol–water partition coefficient (Wildman–Crippen LogP) is 2.47.